The third-order valence-corrected chi connectivity index (χ3v) is 5.11. The predicted octanol–water partition coefficient (Wildman–Crippen LogP) is 4.66. The molecule has 0 radical (unpaired) electrons. The van der Waals surface area contributed by atoms with Crippen LogP contribution in [0.4, 0.5) is 10.5 Å². The number of anilines is 1. The SMILES string of the molecule is CCOc1ccc(CC2(C(=O)O)CCCO2)cc1COC(=O)Nc1ccc(Cl)cc1. The number of carboxylic acid groups (broad SMARTS) is 1. The molecule has 160 valence electrons. The van der Waals surface area contributed by atoms with Crippen LogP contribution in [0.25, 0.3) is 0 Å². The smallest absolute Gasteiger partial charge is 0.411 e. The largest absolute Gasteiger partial charge is 0.493 e. The number of benzene rings is 2. The lowest BCUT2D eigenvalue weighted by Crippen LogP contribution is -2.40. The fourth-order valence-corrected chi connectivity index (χ4v) is 3.52. The van der Waals surface area contributed by atoms with Crippen LogP contribution in [-0.4, -0.2) is 36.0 Å². The van der Waals surface area contributed by atoms with Crippen LogP contribution in [0.2, 0.25) is 5.02 Å². The summed E-state index contributed by atoms with van der Waals surface area (Å²) in [4.78, 5) is 23.9. The molecule has 1 fully saturated rings. The molecular formula is C22H24ClNO6. The van der Waals surface area contributed by atoms with Gasteiger partial charge in [-0.2, -0.15) is 0 Å². The number of amides is 1. The van der Waals surface area contributed by atoms with E-state index in [2.05, 4.69) is 5.32 Å². The molecule has 1 heterocycles. The molecule has 0 aliphatic carbocycles. The van der Waals surface area contributed by atoms with Crippen molar-refractivity contribution in [3.63, 3.8) is 0 Å². The fraction of sp³-hybridized carbons (Fsp3) is 0.364. The van der Waals surface area contributed by atoms with Crippen molar-refractivity contribution in [1.82, 2.24) is 0 Å². The molecule has 1 aliphatic heterocycles. The highest BCUT2D eigenvalue weighted by Crippen LogP contribution is 2.32. The van der Waals surface area contributed by atoms with Gasteiger partial charge in [0.1, 0.15) is 12.4 Å². The Morgan fingerprint density at radius 3 is 2.63 bits per heavy atom. The lowest BCUT2D eigenvalue weighted by molar-refractivity contribution is -0.159. The summed E-state index contributed by atoms with van der Waals surface area (Å²) in [7, 11) is 0. The Labute approximate surface area is 179 Å². The molecule has 30 heavy (non-hydrogen) atoms. The van der Waals surface area contributed by atoms with Gasteiger partial charge in [0.2, 0.25) is 0 Å². The Hall–Kier alpha value is -2.77. The van der Waals surface area contributed by atoms with E-state index in [1.165, 1.54) is 0 Å². The monoisotopic (exact) mass is 433 g/mol. The van der Waals surface area contributed by atoms with Crippen molar-refractivity contribution in [2.24, 2.45) is 0 Å². The van der Waals surface area contributed by atoms with E-state index in [0.717, 1.165) is 5.56 Å². The third kappa shape index (κ3) is 5.43. The predicted molar refractivity (Wildman–Crippen MR) is 112 cm³/mol. The zero-order valence-electron chi connectivity index (χ0n) is 16.7. The van der Waals surface area contributed by atoms with Gasteiger partial charge in [0.15, 0.2) is 5.60 Å². The van der Waals surface area contributed by atoms with E-state index < -0.39 is 17.7 Å². The number of carbonyl (C=O) groups is 2. The van der Waals surface area contributed by atoms with Gasteiger partial charge in [0, 0.05) is 29.3 Å². The first-order valence-electron chi connectivity index (χ1n) is 9.73. The molecule has 0 bridgehead atoms. The van der Waals surface area contributed by atoms with Crippen molar-refractivity contribution >= 4 is 29.4 Å². The molecule has 2 aromatic rings. The van der Waals surface area contributed by atoms with Gasteiger partial charge in [0.05, 0.1) is 6.61 Å². The Morgan fingerprint density at radius 1 is 1.23 bits per heavy atom. The maximum Gasteiger partial charge on any atom is 0.411 e. The molecule has 0 saturated carbocycles. The van der Waals surface area contributed by atoms with E-state index in [0.29, 0.717) is 48.1 Å². The van der Waals surface area contributed by atoms with Gasteiger partial charge in [-0.05, 0) is 61.7 Å². The van der Waals surface area contributed by atoms with Gasteiger partial charge >= 0.3 is 12.1 Å². The summed E-state index contributed by atoms with van der Waals surface area (Å²) in [6.45, 7) is 2.72. The summed E-state index contributed by atoms with van der Waals surface area (Å²) in [5.74, 6) is -0.383. The minimum Gasteiger partial charge on any atom is -0.493 e. The van der Waals surface area contributed by atoms with Crippen LogP contribution in [0.5, 0.6) is 5.75 Å². The highest BCUT2D eigenvalue weighted by Gasteiger charge is 2.43. The Balaban J connectivity index is 1.70. The molecule has 2 N–H and O–H groups in total. The summed E-state index contributed by atoms with van der Waals surface area (Å²) in [6, 6.07) is 12.0. The quantitative estimate of drug-likeness (QED) is 0.628. The summed E-state index contributed by atoms with van der Waals surface area (Å²) in [5, 5.41) is 12.8. The topological polar surface area (TPSA) is 94.1 Å². The first-order chi connectivity index (χ1) is 14.4. The number of ether oxygens (including phenoxy) is 3. The minimum absolute atomic E-state index is 0.0243. The molecular weight excluding hydrogens is 410 g/mol. The van der Waals surface area contributed by atoms with Crippen LogP contribution < -0.4 is 10.1 Å². The first kappa shape index (κ1) is 21.9. The third-order valence-electron chi connectivity index (χ3n) is 4.86. The second kappa shape index (κ2) is 9.82. The molecule has 1 unspecified atom stereocenters. The second-order valence-corrected chi connectivity index (χ2v) is 7.45. The molecule has 3 rings (SSSR count). The average Bonchev–Trinajstić information content (AvgIpc) is 3.20. The Kier molecular flexibility index (Phi) is 7.18. The van der Waals surface area contributed by atoms with Gasteiger partial charge in [-0.3, -0.25) is 5.32 Å². The average molecular weight is 434 g/mol. The number of halogens is 1. The van der Waals surface area contributed by atoms with E-state index >= 15 is 0 Å². The number of rotatable bonds is 8. The Bertz CT molecular complexity index is 893. The number of carbonyl (C=O) groups excluding carboxylic acids is 1. The van der Waals surface area contributed by atoms with Crippen LogP contribution in [-0.2, 0) is 27.3 Å². The molecule has 7 nitrogen and oxygen atoms in total. The van der Waals surface area contributed by atoms with Crippen molar-refractivity contribution in [3.8, 4) is 5.75 Å². The Morgan fingerprint density at radius 2 is 2.00 bits per heavy atom. The zero-order valence-corrected chi connectivity index (χ0v) is 17.4. The number of nitrogens with one attached hydrogen (secondary N) is 1. The van der Waals surface area contributed by atoms with Crippen molar-refractivity contribution in [2.75, 3.05) is 18.5 Å². The highest BCUT2D eigenvalue weighted by atomic mass is 35.5. The maximum atomic E-state index is 12.1. The van der Waals surface area contributed by atoms with E-state index in [4.69, 9.17) is 25.8 Å². The molecule has 1 atom stereocenters. The van der Waals surface area contributed by atoms with Gasteiger partial charge < -0.3 is 19.3 Å². The van der Waals surface area contributed by atoms with Crippen molar-refractivity contribution < 1.29 is 28.9 Å². The number of hydrogen-bond acceptors (Lipinski definition) is 5. The standard InChI is InChI=1S/C22H24ClNO6/c1-2-28-19-9-4-15(13-22(20(25)26)10-3-11-30-22)12-16(19)14-29-21(27)24-18-7-5-17(23)6-8-18/h4-9,12H,2-3,10-11,13-14H2,1H3,(H,24,27)(H,25,26). The molecule has 2 aromatic carbocycles. The molecule has 1 saturated heterocycles. The maximum absolute atomic E-state index is 12.1. The van der Waals surface area contributed by atoms with Crippen molar-refractivity contribution in [2.45, 2.75) is 38.4 Å². The normalized spacial score (nSPS) is 18.1. The fourth-order valence-electron chi connectivity index (χ4n) is 3.39. The second-order valence-electron chi connectivity index (χ2n) is 7.01. The summed E-state index contributed by atoms with van der Waals surface area (Å²) < 4.78 is 16.5. The van der Waals surface area contributed by atoms with E-state index in [1.54, 1.807) is 36.4 Å². The van der Waals surface area contributed by atoms with E-state index in [-0.39, 0.29) is 13.0 Å². The molecule has 0 aromatic heterocycles. The van der Waals surface area contributed by atoms with Gasteiger partial charge in [-0.15, -0.1) is 0 Å². The summed E-state index contributed by atoms with van der Waals surface area (Å²) >= 11 is 5.84. The van der Waals surface area contributed by atoms with E-state index in [1.807, 2.05) is 13.0 Å². The van der Waals surface area contributed by atoms with Gasteiger partial charge in [-0.25, -0.2) is 9.59 Å². The summed E-state index contributed by atoms with van der Waals surface area (Å²) in [5.41, 5.74) is 0.778. The lowest BCUT2D eigenvalue weighted by Gasteiger charge is -2.24. The lowest BCUT2D eigenvalue weighted by atomic mass is 9.91. The number of hydrogen-bond donors (Lipinski definition) is 2. The van der Waals surface area contributed by atoms with Crippen LogP contribution in [0.1, 0.15) is 30.9 Å². The van der Waals surface area contributed by atoms with E-state index in [9.17, 15) is 14.7 Å². The molecule has 1 aliphatic rings. The van der Waals surface area contributed by atoms with Gasteiger partial charge in [-0.1, -0.05) is 17.7 Å². The molecule has 8 heteroatoms. The summed E-state index contributed by atoms with van der Waals surface area (Å²) in [6.07, 6.45) is 0.791. The number of carboxylic acids is 1. The number of aliphatic carboxylic acids is 1. The highest BCUT2D eigenvalue weighted by molar-refractivity contribution is 6.30. The van der Waals surface area contributed by atoms with Crippen LogP contribution >= 0.6 is 11.6 Å². The van der Waals surface area contributed by atoms with Gasteiger partial charge in [0.25, 0.3) is 0 Å². The van der Waals surface area contributed by atoms with Crippen LogP contribution in [0, 0.1) is 0 Å². The molecule has 0 spiro atoms. The van der Waals surface area contributed by atoms with Crippen molar-refractivity contribution in [3.05, 3.63) is 58.6 Å². The van der Waals surface area contributed by atoms with Crippen LogP contribution in [0.15, 0.2) is 42.5 Å². The first-order valence-corrected chi connectivity index (χ1v) is 10.1. The molecule has 1 amide bonds. The zero-order chi connectivity index (χ0) is 21.6. The minimum atomic E-state index is -1.21. The van der Waals surface area contributed by atoms with Crippen molar-refractivity contribution in [1.29, 1.82) is 0 Å². The van der Waals surface area contributed by atoms with Crippen LogP contribution in [0.3, 0.4) is 0 Å².